The van der Waals surface area contributed by atoms with Gasteiger partial charge in [0.05, 0.1) is 0 Å². The van der Waals surface area contributed by atoms with Gasteiger partial charge in [-0.1, -0.05) is 25.1 Å². The number of fused-ring (bicyclic) bond motifs is 1. The number of hydrogen-bond donors (Lipinski definition) is 0. The molecular formula is C17H23NO2. The average molecular weight is 273 g/mol. The number of likely N-dealkylation sites (tertiary alicyclic amines) is 1. The highest BCUT2D eigenvalue weighted by Gasteiger charge is 2.40. The number of amides is 1. The zero-order valence-electron chi connectivity index (χ0n) is 12.2. The second-order valence-corrected chi connectivity index (χ2v) is 6.02. The van der Waals surface area contributed by atoms with Gasteiger partial charge in [0, 0.05) is 32.4 Å². The van der Waals surface area contributed by atoms with Crippen molar-refractivity contribution in [2.75, 3.05) is 13.1 Å². The van der Waals surface area contributed by atoms with Crippen LogP contribution in [0.2, 0.25) is 0 Å². The molecule has 1 saturated heterocycles. The first kappa shape index (κ1) is 13.5. The number of aryl methyl sites for hydroxylation is 1. The largest absolute Gasteiger partial charge is 0.487 e. The summed E-state index contributed by atoms with van der Waals surface area (Å²) in [5.41, 5.74) is 1.29. The Kier molecular flexibility index (Phi) is 3.68. The molecule has 2 aliphatic heterocycles. The van der Waals surface area contributed by atoms with Crippen LogP contribution >= 0.6 is 0 Å². The Morgan fingerprint density at radius 1 is 1.25 bits per heavy atom. The van der Waals surface area contributed by atoms with E-state index in [-0.39, 0.29) is 5.60 Å². The van der Waals surface area contributed by atoms with Crippen LogP contribution in [0.25, 0.3) is 0 Å². The summed E-state index contributed by atoms with van der Waals surface area (Å²) in [5.74, 6) is 1.35. The van der Waals surface area contributed by atoms with E-state index in [0.717, 1.165) is 50.9 Å². The average Bonchev–Trinajstić information content (AvgIpc) is 2.48. The highest BCUT2D eigenvalue weighted by molar-refractivity contribution is 5.76. The zero-order valence-corrected chi connectivity index (χ0v) is 12.2. The lowest BCUT2D eigenvalue weighted by Crippen LogP contribution is -2.51. The van der Waals surface area contributed by atoms with Crippen LogP contribution in [-0.2, 0) is 11.2 Å². The molecule has 0 radical (unpaired) electrons. The number of para-hydroxylation sites is 1. The fourth-order valence-corrected chi connectivity index (χ4v) is 3.34. The van der Waals surface area contributed by atoms with Crippen molar-refractivity contribution < 1.29 is 9.53 Å². The molecule has 108 valence electrons. The van der Waals surface area contributed by atoms with Gasteiger partial charge in [0.2, 0.25) is 5.91 Å². The molecule has 1 spiro atoms. The summed E-state index contributed by atoms with van der Waals surface area (Å²) in [4.78, 5) is 14.0. The molecule has 1 amide bonds. The second-order valence-electron chi connectivity index (χ2n) is 6.02. The second kappa shape index (κ2) is 5.47. The predicted octanol–water partition coefficient (Wildman–Crippen LogP) is 3.17. The number of nitrogens with zero attached hydrogens (tertiary/aromatic N) is 1. The van der Waals surface area contributed by atoms with Gasteiger partial charge in [-0.05, 0) is 30.9 Å². The van der Waals surface area contributed by atoms with E-state index in [4.69, 9.17) is 4.74 Å². The highest BCUT2D eigenvalue weighted by atomic mass is 16.5. The lowest BCUT2D eigenvalue weighted by atomic mass is 9.83. The van der Waals surface area contributed by atoms with Crippen molar-refractivity contribution in [1.29, 1.82) is 0 Å². The standard InChI is InChI=1S/C17H23NO2/c1-2-5-16(19)18-12-10-17(11-13-18)9-8-14-6-3-4-7-15(14)20-17/h3-4,6-7H,2,5,8-13H2,1H3. The Labute approximate surface area is 120 Å². The van der Waals surface area contributed by atoms with E-state index in [1.165, 1.54) is 5.56 Å². The molecule has 0 aliphatic carbocycles. The maximum atomic E-state index is 12.0. The van der Waals surface area contributed by atoms with E-state index in [0.29, 0.717) is 12.3 Å². The van der Waals surface area contributed by atoms with E-state index in [2.05, 4.69) is 25.1 Å². The van der Waals surface area contributed by atoms with Crippen molar-refractivity contribution in [3.8, 4) is 5.75 Å². The van der Waals surface area contributed by atoms with Crippen LogP contribution < -0.4 is 4.74 Å². The van der Waals surface area contributed by atoms with Crippen LogP contribution in [0, 0.1) is 0 Å². The molecule has 1 aromatic carbocycles. The van der Waals surface area contributed by atoms with Crippen LogP contribution in [0.4, 0.5) is 0 Å². The molecule has 1 aromatic rings. The van der Waals surface area contributed by atoms with Crippen molar-refractivity contribution in [3.05, 3.63) is 29.8 Å². The first-order valence-corrected chi connectivity index (χ1v) is 7.77. The van der Waals surface area contributed by atoms with Crippen LogP contribution in [0.15, 0.2) is 24.3 Å². The van der Waals surface area contributed by atoms with E-state index >= 15 is 0 Å². The number of ether oxygens (including phenoxy) is 1. The zero-order chi connectivity index (χ0) is 14.0. The van der Waals surface area contributed by atoms with Crippen molar-refractivity contribution >= 4 is 5.91 Å². The first-order chi connectivity index (χ1) is 9.72. The molecule has 3 nitrogen and oxygen atoms in total. The highest BCUT2D eigenvalue weighted by Crippen LogP contribution is 2.39. The number of hydrogen-bond acceptors (Lipinski definition) is 2. The molecule has 2 heterocycles. The smallest absolute Gasteiger partial charge is 0.222 e. The van der Waals surface area contributed by atoms with Gasteiger partial charge in [0.1, 0.15) is 11.4 Å². The SMILES string of the molecule is CCCC(=O)N1CCC2(CCc3ccccc3O2)CC1. The van der Waals surface area contributed by atoms with Gasteiger partial charge < -0.3 is 9.64 Å². The van der Waals surface area contributed by atoms with Crippen molar-refractivity contribution in [2.24, 2.45) is 0 Å². The minimum atomic E-state index is -0.0304. The molecule has 0 aromatic heterocycles. The van der Waals surface area contributed by atoms with E-state index < -0.39 is 0 Å². The molecular weight excluding hydrogens is 250 g/mol. The Balaban J connectivity index is 1.65. The van der Waals surface area contributed by atoms with Crippen LogP contribution in [-0.4, -0.2) is 29.5 Å². The number of rotatable bonds is 2. The van der Waals surface area contributed by atoms with Crippen molar-refractivity contribution in [3.63, 3.8) is 0 Å². The third-order valence-corrected chi connectivity index (χ3v) is 4.64. The molecule has 0 saturated carbocycles. The molecule has 0 atom stereocenters. The quantitative estimate of drug-likeness (QED) is 0.828. The topological polar surface area (TPSA) is 29.5 Å². The molecule has 1 fully saturated rings. The van der Waals surface area contributed by atoms with Crippen LogP contribution in [0.5, 0.6) is 5.75 Å². The number of benzene rings is 1. The molecule has 0 unspecified atom stereocenters. The summed E-state index contributed by atoms with van der Waals surface area (Å²) in [5, 5.41) is 0. The third kappa shape index (κ3) is 2.54. The first-order valence-electron chi connectivity index (χ1n) is 7.77. The number of carbonyl (C=O) groups is 1. The minimum absolute atomic E-state index is 0.0304. The summed E-state index contributed by atoms with van der Waals surface area (Å²) in [6.45, 7) is 3.76. The Morgan fingerprint density at radius 3 is 2.75 bits per heavy atom. The van der Waals surface area contributed by atoms with Gasteiger partial charge in [-0.15, -0.1) is 0 Å². The lowest BCUT2D eigenvalue weighted by Gasteiger charge is -2.44. The summed E-state index contributed by atoms with van der Waals surface area (Å²) < 4.78 is 6.31. The van der Waals surface area contributed by atoms with Gasteiger partial charge in [-0.2, -0.15) is 0 Å². The van der Waals surface area contributed by atoms with Gasteiger partial charge >= 0.3 is 0 Å². The predicted molar refractivity (Wildman–Crippen MR) is 78.8 cm³/mol. The Morgan fingerprint density at radius 2 is 2.00 bits per heavy atom. The Bertz CT molecular complexity index is 490. The van der Waals surface area contributed by atoms with E-state index in [9.17, 15) is 4.79 Å². The van der Waals surface area contributed by atoms with E-state index in [1.807, 2.05) is 11.0 Å². The normalized spacial score (nSPS) is 20.4. The number of piperidine rings is 1. The van der Waals surface area contributed by atoms with Crippen molar-refractivity contribution in [2.45, 2.75) is 51.0 Å². The van der Waals surface area contributed by atoms with Gasteiger partial charge in [0.25, 0.3) is 0 Å². The number of carbonyl (C=O) groups excluding carboxylic acids is 1. The molecule has 0 bridgehead atoms. The fourth-order valence-electron chi connectivity index (χ4n) is 3.34. The summed E-state index contributed by atoms with van der Waals surface area (Å²) in [6.07, 6.45) is 5.73. The van der Waals surface area contributed by atoms with Gasteiger partial charge in [0.15, 0.2) is 0 Å². The maximum absolute atomic E-state index is 12.0. The summed E-state index contributed by atoms with van der Waals surface area (Å²) in [7, 11) is 0. The summed E-state index contributed by atoms with van der Waals surface area (Å²) >= 11 is 0. The van der Waals surface area contributed by atoms with Crippen molar-refractivity contribution in [1.82, 2.24) is 4.90 Å². The third-order valence-electron chi connectivity index (χ3n) is 4.64. The Hall–Kier alpha value is -1.51. The molecule has 0 N–H and O–H groups in total. The maximum Gasteiger partial charge on any atom is 0.222 e. The molecule has 20 heavy (non-hydrogen) atoms. The fraction of sp³-hybridized carbons (Fsp3) is 0.588. The summed E-state index contributed by atoms with van der Waals surface area (Å²) in [6, 6.07) is 8.34. The molecule has 3 rings (SSSR count). The minimum Gasteiger partial charge on any atom is -0.487 e. The lowest BCUT2D eigenvalue weighted by molar-refractivity contribution is -0.135. The van der Waals surface area contributed by atoms with E-state index in [1.54, 1.807) is 0 Å². The van der Waals surface area contributed by atoms with Crippen LogP contribution in [0.1, 0.15) is 44.6 Å². The molecule has 2 aliphatic rings. The van der Waals surface area contributed by atoms with Crippen LogP contribution in [0.3, 0.4) is 0 Å². The van der Waals surface area contributed by atoms with Gasteiger partial charge in [-0.3, -0.25) is 4.79 Å². The van der Waals surface area contributed by atoms with Gasteiger partial charge in [-0.25, -0.2) is 0 Å². The molecule has 3 heteroatoms. The monoisotopic (exact) mass is 273 g/mol.